The lowest BCUT2D eigenvalue weighted by atomic mass is 9.88. The highest BCUT2D eigenvalue weighted by Crippen LogP contribution is 2.31. The highest BCUT2D eigenvalue weighted by molar-refractivity contribution is 5.74. The number of aromatic nitrogens is 3. The predicted molar refractivity (Wildman–Crippen MR) is 75.5 cm³/mol. The summed E-state index contributed by atoms with van der Waals surface area (Å²) < 4.78 is 2.06. The second kappa shape index (κ2) is 5.34. The Morgan fingerprint density at radius 1 is 1.22 bits per heavy atom. The van der Waals surface area contributed by atoms with Crippen molar-refractivity contribution >= 4 is 11.0 Å². The van der Waals surface area contributed by atoms with Crippen molar-refractivity contribution in [2.45, 2.75) is 45.1 Å². The molecular weight excluding hydrogens is 222 g/mol. The average Bonchev–Trinajstić information content (AvgIpc) is 2.83. The number of para-hydroxylation sites is 1. The minimum Gasteiger partial charge on any atom is -0.235 e. The van der Waals surface area contributed by atoms with Crippen LogP contribution in [0.5, 0.6) is 0 Å². The van der Waals surface area contributed by atoms with Gasteiger partial charge in [0.05, 0.1) is 11.1 Å². The molecule has 0 atom stereocenters. The highest BCUT2D eigenvalue weighted by Gasteiger charge is 2.29. The Labute approximate surface area is 109 Å². The molecule has 3 heteroatoms. The zero-order chi connectivity index (χ0) is 13.0. The molecule has 1 aromatic carbocycles. The molecule has 0 N–H and O–H groups in total. The Morgan fingerprint density at radius 3 is 2.50 bits per heavy atom. The Hall–Kier alpha value is -1.64. The highest BCUT2D eigenvalue weighted by atomic mass is 15.5. The molecule has 1 heterocycles. The van der Waals surface area contributed by atoms with Crippen LogP contribution in [0.4, 0.5) is 0 Å². The van der Waals surface area contributed by atoms with Crippen molar-refractivity contribution < 1.29 is 0 Å². The second-order valence-corrected chi connectivity index (χ2v) is 4.80. The zero-order valence-electron chi connectivity index (χ0n) is 11.3. The third-order valence-corrected chi connectivity index (χ3v) is 3.52. The van der Waals surface area contributed by atoms with Crippen LogP contribution in [0, 0.1) is 0 Å². The summed E-state index contributed by atoms with van der Waals surface area (Å²) in [6, 6.07) is 8.12. The first-order valence-corrected chi connectivity index (χ1v) is 6.72. The molecule has 0 fully saturated rings. The van der Waals surface area contributed by atoms with E-state index in [1.807, 2.05) is 24.3 Å². The third-order valence-electron chi connectivity index (χ3n) is 3.52. The maximum atomic E-state index is 4.37. The summed E-state index contributed by atoms with van der Waals surface area (Å²) >= 11 is 0. The summed E-state index contributed by atoms with van der Waals surface area (Å²) in [6.45, 7) is 8.45. The fourth-order valence-corrected chi connectivity index (χ4v) is 2.69. The van der Waals surface area contributed by atoms with Gasteiger partial charge in [0.1, 0.15) is 5.52 Å². The number of rotatable bonds is 6. The first kappa shape index (κ1) is 12.8. The van der Waals surface area contributed by atoms with Gasteiger partial charge in [0, 0.05) is 0 Å². The van der Waals surface area contributed by atoms with Crippen molar-refractivity contribution in [3.63, 3.8) is 0 Å². The van der Waals surface area contributed by atoms with Gasteiger partial charge in [-0.1, -0.05) is 50.1 Å². The molecule has 1 aromatic heterocycles. The SMILES string of the molecule is C=CC(CCC)(CCC)n1nnc2ccccc21. The Bertz CT molecular complexity index is 521. The molecule has 0 radical (unpaired) electrons. The normalized spacial score (nSPS) is 11.9. The Kier molecular flexibility index (Phi) is 3.80. The van der Waals surface area contributed by atoms with Crippen molar-refractivity contribution in [3.05, 3.63) is 36.9 Å². The molecule has 2 aromatic rings. The molecule has 0 aliphatic rings. The number of hydrogen-bond acceptors (Lipinski definition) is 2. The molecular formula is C15H21N3. The van der Waals surface area contributed by atoms with Gasteiger partial charge < -0.3 is 0 Å². The van der Waals surface area contributed by atoms with Crippen molar-refractivity contribution in [1.29, 1.82) is 0 Å². The molecule has 0 aliphatic carbocycles. The molecule has 0 saturated heterocycles. The van der Waals surface area contributed by atoms with Crippen LogP contribution >= 0.6 is 0 Å². The Morgan fingerprint density at radius 2 is 1.89 bits per heavy atom. The van der Waals surface area contributed by atoms with E-state index in [0.29, 0.717) is 0 Å². The predicted octanol–water partition coefficient (Wildman–Crippen LogP) is 3.91. The van der Waals surface area contributed by atoms with Gasteiger partial charge >= 0.3 is 0 Å². The van der Waals surface area contributed by atoms with Gasteiger partial charge in [-0.15, -0.1) is 11.7 Å². The lowest BCUT2D eigenvalue weighted by Crippen LogP contribution is -2.32. The van der Waals surface area contributed by atoms with Crippen LogP contribution < -0.4 is 0 Å². The van der Waals surface area contributed by atoms with E-state index in [4.69, 9.17) is 0 Å². The fourth-order valence-electron chi connectivity index (χ4n) is 2.69. The molecule has 0 bridgehead atoms. The summed E-state index contributed by atoms with van der Waals surface area (Å²) in [5.74, 6) is 0. The minimum atomic E-state index is -0.0976. The van der Waals surface area contributed by atoms with E-state index in [1.54, 1.807) is 0 Å². The van der Waals surface area contributed by atoms with Crippen LogP contribution in [0.15, 0.2) is 36.9 Å². The molecule has 0 aliphatic heterocycles. The van der Waals surface area contributed by atoms with Gasteiger partial charge in [0.25, 0.3) is 0 Å². The van der Waals surface area contributed by atoms with E-state index in [1.165, 1.54) is 0 Å². The van der Waals surface area contributed by atoms with Gasteiger partial charge in [-0.25, -0.2) is 4.68 Å². The van der Waals surface area contributed by atoms with E-state index in [9.17, 15) is 0 Å². The molecule has 0 spiro atoms. The fraction of sp³-hybridized carbons (Fsp3) is 0.467. The lowest BCUT2D eigenvalue weighted by molar-refractivity contribution is 0.285. The first-order valence-electron chi connectivity index (χ1n) is 6.72. The van der Waals surface area contributed by atoms with E-state index >= 15 is 0 Å². The maximum absolute atomic E-state index is 4.37. The van der Waals surface area contributed by atoms with Crippen LogP contribution in [0.2, 0.25) is 0 Å². The number of allylic oxidation sites excluding steroid dienone is 1. The summed E-state index contributed by atoms with van der Waals surface area (Å²) in [6.07, 6.45) is 6.37. The van der Waals surface area contributed by atoms with Crippen LogP contribution in [0.1, 0.15) is 39.5 Å². The van der Waals surface area contributed by atoms with Gasteiger partial charge in [-0.2, -0.15) is 0 Å². The van der Waals surface area contributed by atoms with E-state index in [-0.39, 0.29) is 5.54 Å². The molecule has 0 amide bonds. The number of nitrogens with zero attached hydrogens (tertiary/aromatic N) is 3. The van der Waals surface area contributed by atoms with Crippen LogP contribution in [-0.4, -0.2) is 15.0 Å². The van der Waals surface area contributed by atoms with Crippen LogP contribution in [0.25, 0.3) is 11.0 Å². The molecule has 3 nitrogen and oxygen atoms in total. The van der Waals surface area contributed by atoms with Gasteiger partial charge in [0.15, 0.2) is 0 Å². The van der Waals surface area contributed by atoms with Crippen molar-refractivity contribution in [2.24, 2.45) is 0 Å². The standard InChI is InChI=1S/C15H21N3/c1-4-11-15(6-3,12-5-2)18-14-10-8-7-9-13(14)16-17-18/h6-10H,3-5,11-12H2,1-2H3. The smallest absolute Gasteiger partial charge is 0.113 e. The average molecular weight is 243 g/mol. The molecule has 96 valence electrons. The summed E-state index contributed by atoms with van der Waals surface area (Å²) in [5, 5.41) is 8.63. The van der Waals surface area contributed by atoms with Crippen molar-refractivity contribution in [1.82, 2.24) is 15.0 Å². The lowest BCUT2D eigenvalue weighted by Gasteiger charge is -2.30. The summed E-state index contributed by atoms with van der Waals surface area (Å²) in [7, 11) is 0. The van der Waals surface area contributed by atoms with Gasteiger partial charge in [-0.05, 0) is 25.0 Å². The summed E-state index contributed by atoms with van der Waals surface area (Å²) in [4.78, 5) is 0. The molecule has 0 saturated carbocycles. The minimum absolute atomic E-state index is 0.0976. The third kappa shape index (κ3) is 2.05. The summed E-state index contributed by atoms with van der Waals surface area (Å²) in [5.41, 5.74) is 1.95. The molecule has 18 heavy (non-hydrogen) atoms. The van der Waals surface area contributed by atoms with E-state index in [0.717, 1.165) is 36.7 Å². The van der Waals surface area contributed by atoms with Crippen molar-refractivity contribution in [3.8, 4) is 0 Å². The monoisotopic (exact) mass is 243 g/mol. The van der Waals surface area contributed by atoms with Crippen molar-refractivity contribution in [2.75, 3.05) is 0 Å². The molecule has 0 unspecified atom stereocenters. The van der Waals surface area contributed by atoms with Gasteiger partial charge in [-0.3, -0.25) is 0 Å². The van der Waals surface area contributed by atoms with Crippen LogP contribution in [0.3, 0.4) is 0 Å². The van der Waals surface area contributed by atoms with E-state index < -0.39 is 0 Å². The largest absolute Gasteiger partial charge is 0.235 e. The maximum Gasteiger partial charge on any atom is 0.113 e. The zero-order valence-corrected chi connectivity index (χ0v) is 11.3. The number of hydrogen-bond donors (Lipinski definition) is 0. The Balaban J connectivity index is 2.56. The quantitative estimate of drug-likeness (QED) is 0.720. The molecule has 2 rings (SSSR count). The first-order chi connectivity index (χ1) is 8.77. The van der Waals surface area contributed by atoms with E-state index in [2.05, 4.69) is 41.5 Å². The second-order valence-electron chi connectivity index (χ2n) is 4.80. The van der Waals surface area contributed by atoms with Gasteiger partial charge in [0.2, 0.25) is 0 Å². The van der Waals surface area contributed by atoms with Crippen LogP contribution in [-0.2, 0) is 5.54 Å². The number of fused-ring (bicyclic) bond motifs is 1. The topological polar surface area (TPSA) is 30.7 Å². The number of benzene rings is 1.